The van der Waals surface area contributed by atoms with E-state index in [2.05, 4.69) is 49.7 Å². The molecule has 0 saturated heterocycles. The summed E-state index contributed by atoms with van der Waals surface area (Å²) in [5.41, 5.74) is 2.72. The Morgan fingerprint density at radius 2 is 1.94 bits per heavy atom. The molecule has 0 spiro atoms. The van der Waals surface area contributed by atoms with Crippen molar-refractivity contribution in [2.45, 2.75) is 37.5 Å². The molecule has 1 nitrogen and oxygen atoms in total. The van der Waals surface area contributed by atoms with E-state index in [-0.39, 0.29) is 0 Å². The summed E-state index contributed by atoms with van der Waals surface area (Å²) in [5, 5.41) is 3.65. The lowest BCUT2D eigenvalue weighted by Gasteiger charge is -2.19. The minimum atomic E-state index is 0.463. The van der Waals surface area contributed by atoms with Gasteiger partial charge in [-0.05, 0) is 38.5 Å². The van der Waals surface area contributed by atoms with Gasteiger partial charge in [-0.2, -0.15) is 11.8 Å². The summed E-state index contributed by atoms with van der Waals surface area (Å²) >= 11 is 2.02. The van der Waals surface area contributed by atoms with Crippen LogP contribution in [0.1, 0.15) is 36.9 Å². The Morgan fingerprint density at radius 3 is 2.44 bits per heavy atom. The molecule has 16 heavy (non-hydrogen) atoms. The Hall–Kier alpha value is -0.470. The van der Waals surface area contributed by atoms with Crippen LogP contribution in [0.3, 0.4) is 0 Å². The summed E-state index contributed by atoms with van der Waals surface area (Å²) in [4.78, 5) is 0. The van der Waals surface area contributed by atoms with E-state index in [0.29, 0.717) is 10.8 Å². The van der Waals surface area contributed by atoms with Gasteiger partial charge in [0.2, 0.25) is 0 Å². The van der Waals surface area contributed by atoms with Crippen LogP contribution in [0.25, 0.3) is 0 Å². The molecule has 1 fully saturated rings. The van der Waals surface area contributed by atoms with Gasteiger partial charge in [-0.15, -0.1) is 0 Å². The van der Waals surface area contributed by atoms with E-state index < -0.39 is 0 Å². The van der Waals surface area contributed by atoms with Crippen molar-refractivity contribution in [3.05, 3.63) is 35.4 Å². The first-order valence-corrected chi connectivity index (χ1v) is 7.23. The number of rotatable bonds is 5. The highest BCUT2D eigenvalue weighted by Crippen LogP contribution is 2.46. The zero-order chi connectivity index (χ0) is 11.6. The molecular weight excluding hydrogens is 214 g/mol. The molecule has 2 heteroatoms. The van der Waals surface area contributed by atoms with Gasteiger partial charge in [-0.1, -0.05) is 29.8 Å². The van der Waals surface area contributed by atoms with Gasteiger partial charge < -0.3 is 5.32 Å². The number of aryl methyl sites for hydroxylation is 1. The van der Waals surface area contributed by atoms with E-state index in [4.69, 9.17) is 0 Å². The first-order chi connectivity index (χ1) is 7.65. The van der Waals surface area contributed by atoms with E-state index >= 15 is 0 Å². The third kappa shape index (κ3) is 2.80. The summed E-state index contributed by atoms with van der Waals surface area (Å²) in [5.74, 6) is 0. The van der Waals surface area contributed by atoms with Crippen molar-refractivity contribution in [1.29, 1.82) is 0 Å². The van der Waals surface area contributed by atoms with Gasteiger partial charge in [0, 0.05) is 17.3 Å². The van der Waals surface area contributed by atoms with Gasteiger partial charge in [0.1, 0.15) is 0 Å². The molecule has 2 rings (SSSR count). The quantitative estimate of drug-likeness (QED) is 0.838. The number of hydrogen-bond donors (Lipinski definition) is 1. The lowest BCUT2D eigenvalue weighted by molar-refractivity contribution is 0.563. The van der Waals surface area contributed by atoms with Gasteiger partial charge in [0.25, 0.3) is 0 Å². The van der Waals surface area contributed by atoms with Crippen LogP contribution in [0.2, 0.25) is 0 Å². The Labute approximate surface area is 103 Å². The van der Waals surface area contributed by atoms with E-state index in [1.165, 1.54) is 24.0 Å². The highest BCUT2D eigenvalue weighted by Gasteiger charge is 2.41. The van der Waals surface area contributed by atoms with Crippen molar-refractivity contribution in [3.8, 4) is 0 Å². The summed E-state index contributed by atoms with van der Waals surface area (Å²) < 4.78 is 0.555. The van der Waals surface area contributed by atoms with Crippen LogP contribution in [0.4, 0.5) is 0 Å². The summed E-state index contributed by atoms with van der Waals surface area (Å²) in [6, 6.07) is 9.30. The summed E-state index contributed by atoms with van der Waals surface area (Å²) in [7, 11) is 0. The van der Waals surface area contributed by atoms with E-state index in [0.717, 1.165) is 6.54 Å². The number of benzene rings is 1. The normalized spacial score (nSPS) is 19.4. The summed E-state index contributed by atoms with van der Waals surface area (Å²) in [6.45, 7) is 5.53. The second-order valence-electron chi connectivity index (χ2n) is 4.90. The zero-order valence-electron chi connectivity index (χ0n) is 10.4. The van der Waals surface area contributed by atoms with E-state index in [1.807, 2.05) is 11.8 Å². The number of nitrogens with one attached hydrogen (secondary N) is 1. The van der Waals surface area contributed by atoms with Gasteiger partial charge in [-0.25, -0.2) is 0 Å². The summed E-state index contributed by atoms with van der Waals surface area (Å²) in [6.07, 6.45) is 4.98. The minimum Gasteiger partial charge on any atom is -0.309 e. The molecule has 1 aliphatic carbocycles. The third-order valence-electron chi connectivity index (χ3n) is 3.55. The fourth-order valence-corrected chi connectivity index (χ4v) is 2.64. The lowest BCUT2D eigenvalue weighted by Crippen LogP contribution is -2.28. The molecule has 0 heterocycles. The maximum absolute atomic E-state index is 3.65. The van der Waals surface area contributed by atoms with Crippen LogP contribution in [-0.2, 0) is 0 Å². The van der Waals surface area contributed by atoms with Crippen molar-refractivity contribution >= 4 is 11.8 Å². The largest absolute Gasteiger partial charge is 0.309 e. The smallest absolute Gasteiger partial charge is 0.0292 e. The molecule has 1 aromatic carbocycles. The molecule has 0 aliphatic heterocycles. The molecule has 1 saturated carbocycles. The van der Waals surface area contributed by atoms with Gasteiger partial charge in [-0.3, -0.25) is 0 Å². The second kappa shape index (κ2) is 4.80. The zero-order valence-corrected chi connectivity index (χ0v) is 11.2. The molecule has 1 N–H and O–H groups in total. The molecule has 1 aliphatic rings. The fourth-order valence-electron chi connectivity index (χ4n) is 1.90. The standard InChI is InChI=1S/C14H21NS/c1-11-4-6-13(7-5-11)12(2)15-10-14(16-3)8-9-14/h4-7,12,15H,8-10H2,1-3H3. The molecule has 1 aromatic rings. The molecular formula is C14H21NS. The topological polar surface area (TPSA) is 12.0 Å². The van der Waals surface area contributed by atoms with Crippen LogP contribution in [-0.4, -0.2) is 17.5 Å². The molecule has 1 unspecified atom stereocenters. The van der Waals surface area contributed by atoms with Crippen molar-refractivity contribution in [2.75, 3.05) is 12.8 Å². The van der Waals surface area contributed by atoms with E-state index in [1.54, 1.807) is 0 Å². The Morgan fingerprint density at radius 1 is 1.31 bits per heavy atom. The van der Waals surface area contributed by atoms with Crippen LogP contribution >= 0.6 is 11.8 Å². The average molecular weight is 235 g/mol. The minimum absolute atomic E-state index is 0.463. The van der Waals surface area contributed by atoms with Gasteiger partial charge in [0.15, 0.2) is 0 Å². The average Bonchev–Trinajstić information content (AvgIpc) is 3.08. The Bertz CT molecular complexity index is 340. The van der Waals surface area contributed by atoms with Crippen LogP contribution < -0.4 is 5.32 Å². The molecule has 0 aromatic heterocycles. The molecule has 0 bridgehead atoms. The molecule has 1 atom stereocenters. The first kappa shape index (κ1) is 12.0. The molecule has 0 amide bonds. The first-order valence-electron chi connectivity index (χ1n) is 6.00. The number of hydrogen-bond acceptors (Lipinski definition) is 2. The Kier molecular flexibility index (Phi) is 3.60. The second-order valence-corrected chi connectivity index (χ2v) is 6.17. The molecule has 88 valence electrons. The van der Waals surface area contributed by atoms with Gasteiger partial charge >= 0.3 is 0 Å². The monoisotopic (exact) mass is 235 g/mol. The predicted octanol–water partition coefficient (Wildman–Crippen LogP) is 3.54. The third-order valence-corrected chi connectivity index (χ3v) is 4.97. The predicted molar refractivity (Wildman–Crippen MR) is 73.1 cm³/mol. The van der Waals surface area contributed by atoms with Crippen molar-refractivity contribution < 1.29 is 0 Å². The van der Waals surface area contributed by atoms with E-state index in [9.17, 15) is 0 Å². The van der Waals surface area contributed by atoms with Crippen LogP contribution in [0.5, 0.6) is 0 Å². The highest BCUT2D eigenvalue weighted by atomic mass is 32.2. The van der Waals surface area contributed by atoms with Crippen molar-refractivity contribution in [3.63, 3.8) is 0 Å². The van der Waals surface area contributed by atoms with Crippen molar-refractivity contribution in [1.82, 2.24) is 5.32 Å². The number of thioether (sulfide) groups is 1. The Balaban J connectivity index is 1.88. The maximum Gasteiger partial charge on any atom is 0.0292 e. The maximum atomic E-state index is 3.65. The van der Waals surface area contributed by atoms with Gasteiger partial charge in [0.05, 0.1) is 0 Å². The molecule has 0 radical (unpaired) electrons. The van der Waals surface area contributed by atoms with Crippen molar-refractivity contribution in [2.24, 2.45) is 0 Å². The van der Waals surface area contributed by atoms with Crippen LogP contribution in [0, 0.1) is 6.92 Å². The highest BCUT2D eigenvalue weighted by molar-refractivity contribution is 8.00. The fraction of sp³-hybridized carbons (Fsp3) is 0.571. The lowest BCUT2D eigenvalue weighted by atomic mass is 10.1. The van der Waals surface area contributed by atoms with Crippen LogP contribution in [0.15, 0.2) is 24.3 Å². The SMILES string of the molecule is CSC1(CNC(C)c2ccc(C)cc2)CC1.